The molecule has 0 spiro atoms. The lowest BCUT2D eigenvalue weighted by atomic mass is 10.2. The second kappa shape index (κ2) is 9.71. The zero-order valence-electron chi connectivity index (χ0n) is 18.3. The lowest BCUT2D eigenvalue weighted by Crippen LogP contribution is -2.50. The number of ether oxygens (including phenoxy) is 1. The summed E-state index contributed by atoms with van der Waals surface area (Å²) in [7, 11) is 0. The molecule has 4 heterocycles. The molecule has 0 aliphatic carbocycles. The Hall–Kier alpha value is -3.90. The van der Waals surface area contributed by atoms with Gasteiger partial charge in [0.2, 0.25) is 11.6 Å². The lowest BCUT2D eigenvalue weighted by Gasteiger charge is -2.36. The van der Waals surface area contributed by atoms with Gasteiger partial charge < -0.3 is 28.8 Å². The van der Waals surface area contributed by atoms with Crippen molar-refractivity contribution in [3.8, 4) is 0 Å². The van der Waals surface area contributed by atoms with Crippen molar-refractivity contribution in [1.82, 2.24) is 19.8 Å². The van der Waals surface area contributed by atoms with Gasteiger partial charge in [-0.3, -0.25) is 14.9 Å². The largest absolute Gasteiger partial charge is 0.459 e. The Balaban J connectivity index is 1.47. The Bertz CT molecular complexity index is 998. The van der Waals surface area contributed by atoms with E-state index in [0.29, 0.717) is 59.0 Å². The molecule has 0 N–H and O–H groups in total. The maximum atomic E-state index is 12.5. The van der Waals surface area contributed by atoms with Crippen LogP contribution in [0.25, 0.3) is 0 Å². The standard InChI is InChI=1S/C20H25N7O6/c1-2-32-20(29)26-11-7-24(8-12-26)18-16(27(30)31)17(21-14-22-18)23-5-9-25(10-6-23)19(28)15-4-3-13-33-15/h3-4,13-14H,2,5-12H2,1H3. The van der Waals surface area contributed by atoms with Gasteiger partial charge in [-0.2, -0.15) is 0 Å². The molecular weight excluding hydrogens is 434 g/mol. The van der Waals surface area contributed by atoms with E-state index in [-0.39, 0.29) is 29.0 Å². The molecule has 4 rings (SSSR count). The molecule has 0 radical (unpaired) electrons. The second-order valence-corrected chi connectivity index (χ2v) is 7.56. The van der Waals surface area contributed by atoms with Gasteiger partial charge >= 0.3 is 11.8 Å². The quantitative estimate of drug-likeness (QED) is 0.474. The van der Waals surface area contributed by atoms with Crippen molar-refractivity contribution in [2.24, 2.45) is 0 Å². The maximum Gasteiger partial charge on any atom is 0.409 e. The van der Waals surface area contributed by atoms with Crippen LogP contribution in [0.3, 0.4) is 0 Å². The van der Waals surface area contributed by atoms with Gasteiger partial charge in [0.25, 0.3) is 5.91 Å². The van der Waals surface area contributed by atoms with Crippen molar-refractivity contribution in [2.75, 3.05) is 68.8 Å². The van der Waals surface area contributed by atoms with E-state index in [9.17, 15) is 19.7 Å². The van der Waals surface area contributed by atoms with Crippen LogP contribution < -0.4 is 9.80 Å². The van der Waals surface area contributed by atoms with Gasteiger partial charge in [-0.25, -0.2) is 14.8 Å². The lowest BCUT2D eigenvalue weighted by molar-refractivity contribution is -0.383. The molecular formula is C20H25N7O6. The molecule has 2 aliphatic rings. The van der Waals surface area contributed by atoms with Crippen molar-refractivity contribution >= 4 is 29.3 Å². The van der Waals surface area contributed by atoms with Gasteiger partial charge in [-0.1, -0.05) is 0 Å². The van der Waals surface area contributed by atoms with Crippen LogP contribution in [0.5, 0.6) is 0 Å². The molecule has 0 bridgehead atoms. The van der Waals surface area contributed by atoms with Gasteiger partial charge in [0.1, 0.15) is 6.33 Å². The minimum absolute atomic E-state index is 0.173. The molecule has 33 heavy (non-hydrogen) atoms. The van der Waals surface area contributed by atoms with Gasteiger partial charge in [-0.15, -0.1) is 0 Å². The zero-order chi connectivity index (χ0) is 23.4. The molecule has 2 fully saturated rings. The fourth-order valence-corrected chi connectivity index (χ4v) is 3.98. The molecule has 176 valence electrons. The smallest absolute Gasteiger partial charge is 0.409 e. The van der Waals surface area contributed by atoms with Gasteiger partial charge in [0.05, 0.1) is 17.8 Å². The van der Waals surface area contributed by atoms with Crippen LogP contribution in [0.15, 0.2) is 29.1 Å². The van der Waals surface area contributed by atoms with Gasteiger partial charge in [0, 0.05) is 52.4 Å². The molecule has 2 aromatic heterocycles. The zero-order valence-corrected chi connectivity index (χ0v) is 18.3. The highest BCUT2D eigenvalue weighted by molar-refractivity contribution is 5.91. The Morgan fingerprint density at radius 2 is 1.61 bits per heavy atom. The van der Waals surface area contributed by atoms with Crippen molar-refractivity contribution < 1.29 is 23.7 Å². The fraction of sp³-hybridized carbons (Fsp3) is 0.500. The first-order chi connectivity index (χ1) is 16.0. The van der Waals surface area contributed by atoms with Crippen LogP contribution in [0.4, 0.5) is 22.1 Å². The third-order valence-electron chi connectivity index (χ3n) is 5.67. The average molecular weight is 459 g/mol. The fourth-order valence-electron chi connectivity index (χ4n) is 3.98. The van der Waals surface area contributed by atoms with Crippen LogP contribution in [0.1, 0.15) is 17.5 Å². The van der Waals surface area contributed by atoms with E-state index in [4.69, 9.17) is 9.15 Å². The van der Waals surface area contributed by atoms with Crippen LogP contribution in [0.2, 0.25) is 0 Å². The van der Waals surface area contributed by atoms with E-state index in [1.54, 1.807) is 38.7 Å². The van der Waals surface area contributed by atoms with Gasteiger partial charge in [0.15, 0.2) is 5.76 Å². The maximum absolute atomic E-state index is 12.5. The molecule has 2 amide bonds. The van der Waals surface area contributed by atoms with Crippen molar-refractivity contribution in [2.45, 2.75) is 6.92 Å². The molecule has 0 aromatic carbocycles. The van der Waals surface area contributed by atoms with Crippen LogP contribution in [-0.2, 0) is 4.74 Å². The number of piperazine rings is 2. The number of carbonyl (C=O) groups is 2. The highest BCUT2D eigenvalue weighted by Crippen LogP contribution is 2.35. The number of aromatic nitrogens is 2. The first kappa shape index (κ1) is 22.3. The van der Waals surface area contributed by atoms with Gasteiger partial charge in [-0.05, 0) is 19.1 Å². The van der Waals surface area contributed by atoms with E-state index in [2.05, 4.69) is 9.97 Å². The van der Waals surface area contributed by atoms with Crippen LogP contribution in [-0.4, -0.2) is 95.7 Å². The van der Waals surface area contributed by atoms with Crippen LogP contribution in [0, 0.1) is 10.1 Å². The Morgan fingerprint density at radius 3 is 2.09 bits per heavy atom. The van der Waals surface area contributed by atoms with E-state index in [1.165, 1.54) is 12.6 Å². The second-order valence-electron chi connectivity index (χ2n) is 7.56. The first-order valence-electron chi connectivity index (χ1n) is 10.7. The number of rotatable bonds is 5. The van der Waals surface area contributed by atoms with Crippen molar-refractivity contribution in [3.63, 3.8) is 0 Å². The van der Waals surface area contributed by atoms with Crippen molar-refractivity contribution in [1.29, 1.82) is 0 Å². The van der Waals surface area contributed by atoms with Crippen molar-refractivity contribution in [3.05, 3.63) is 40.6 Å². The number of hydrogen-bond donors (Lipinski definition) is 0. The number of nitro groups is 1. The predicted molar refractivity (Wildman–Crippen MR) is 116 cm³/mol. The SMILES string of the molecule is CCOC(=O)N1CCN(c2ncnc(N3CCN(C(=O)c4ccco4)CC3)c2[N+](=O)[O-])CC1. The number of nitrogens with zero attached hydrogens (tertiary/aromatic N) is 7. The number of carbonyl (C=O) groups excluding carboxylic acids is 2. The number of hydrogen-bond acceptors (Lipinski definition) is 10. The van der Waals surface area contributed by atoms with E-state index < -0.39 is 11.0 Å². The summed E-state index contributed by atoms with van der Waals surface area (Å²) in [5, 5.41) is 12.0. The Kier molecular flexibility index (Phi) is 6.56. The summed E-state index contributed by atoms with van der Waals surface area (Å²) in [6, 6.07) is 3.26. The van der Waals surface area contributed by atoms with E-state index in [1.807, 2.05) is 0 Å². The van der Waals surface area contributed by atoms with E-state index in [0.717, 1.165) is 0 Å². The minimum atomic E-state index is -0.469. The molecule has 13 nitrogen and oxygen atoms in total. The summed E-state index contributed by atoms with van der Waals surface area (Å²) in [6.07, 6.45) is 2.37. The summed E-state index contributed by atoms with van der Waals surface area (Å²) >= 11 is 0. The number of amides is 2. The first-order valence-corrected chi connectivity index (χ1v) is 10.7. The molecule has 0 unspecified atom stereocenters. The summed E-state index contributed by atoms with van der Waals surface area (Å²) < 4.78 is 10.2. The number of furan rings is 1. The molecule has 0 atom stereocenters. The molecule has 2 aromatic rings. The van der Waals surface area contributed by atoms with E-state index >= 15 is 0 Å². The monoisotopic (exact) mass is 459 g/mol. The predicted octanol–water partition coefficient (Wildman–Crippen LogP) is 1.22. The number of anilines is 2. The highest BCUT2D eigenvalue weighted by atomic mass is 16.6. The summed E-state index contributed by atoms with van der Waals surface area (Å²) in [5.41, 5.74) is -0.173. The summed E-state index contributed by atoms with van der Waals surface area (Å²) in [4.78, 5) is 51.2. The average Bonchev–Trinajstić information content (AvgIpc) is 3.38. The molecule has 2 aliphatic heterocycles. The third-order valence-corrected chi connectivity index (χ3v) is 5.67. The molecule has 13 heteroatoms. The normalized spacial score (nSPS) is 16.6. The Morgan fingerprint density at radius 1 is 1.03 bits per heavy atom. The molecule has 2 saturated heterocycles. The topological polar surface area (TPSA) is 138 Å². The molecule has 0 saturated carbocycles. The summed E-state index contributed by atoms with van der Waals surface area (Å²) in [5.74, 6) is 0.503. The summed E-state index contributed by atoms with van der Waals surface area (Å²) in [6.45, 7) is 5.12. The highest BCUT2D eigenvalue weighted by Gasteiger charge is 2.34. The van der Waals surface area contributed by atoms with Crippen LogP contribution >= 0.6 is 0 Å². The minimum Gasteiger partial charge on any atom is -0.459 e. The Labute approximate surface area is 189 Å². The third kappa shape index (κ3) is 4.66.